The van der Waals surface area contributed by atoms with Gasteiger partial charge in [-0.25, -0.2) is 9.98 Å². The second-order valence-corrected chi connectivity index (χ2v) is 5.40. The third-order valence-corrected chi connectivity index (χ3v) is 3.46. The molecule has 0 spiro atoms. The fraction of sp³-hybridized carbons (Fsp3) is 0.286. The largest absolute Gasteiger partial charge is 0.360 e. The summed E-state index contributed by atoms with van der Waals surface area (Å²) in [6.07, 6.45) is 2.56. The van der Waals surface area contributed by atoms with E-state index < -0.39 is 0 Å². The first-order chi connectivity index (χ1) is 9.61. The fourth-order valence-corrected chi connectivity index (χ4v) is 2.38. The highest BCUT2D eigenvalue weighted by Crippen LogP contribution is 2.19. The zero-order chi connectivity index (χ0) is 14.1. The number of hydrogen-bond acceptors (Lipinski definition) is 5. The Kier molecular flexibility index (Phi) is 3.36. The second kappa shape index (κ2) is 5.17. The molecule has 20 heavy (non-hydrogen) atoms. The fourth-order valence-electron chi connectivity index (χ4n) is 2.25. The summed E-state index contributed by atoms with van der Waals surface area (Å²) >= 11 is 5.90. The van der Waals surface area contributed by atoms with Crippen molar-refractivity contribution in [1.82, 2.24) is 15.3 Å². The highest BCUT2D eigenvalue weighted by atomic mass is 35.5. The number of likely N-dealkylation sites (N-methyl/N-ethyl adjacent to an activating group) is 1. The molecule has 0 fully saturated rings. The van der Waals surface area contributed by atoms with Crippen LogP contribution in [0.15, 0.2) is 45.8 Å². The van der Waals surface area contributed by atoms with Crippen LogP contribution >= 0.6 is 11.6 Å². The van der Waals surface area contributed by atoms with Crippen LogP contribution in [0.3, 0.4) is 0 Å². The number of rotatable bonds is 2. The Balaban J connectivity index is 1.82. The quantitative estimate of drug-likeness (QED) is 0.904. The Morgan fingerprint density at radius 3 is 2.75 bits per heavy atom. The van der Waals surface area contributed by atoms with Gasteiger partial charge in [-0.1, -0.05) is 23.7 Å². The van der Waals surface area contributed by atoms with Crippen molar-refractivity contribution >= 4 is 23.8 Å². The molecule has 2 aliphatic rings. The van der Waals surface area contributed by atoms with E-state index in [0.29, 0.717) is 0 Å². The molecule has 1 aromatic rings. The van der Waals surface area contributed by atoms with E-state index in [9.17, 15) is 0 Å². The molecule has 2 heterocycles. The van der Waals surface area contributed by atoms with Crippen LogP contribution in [0, 0.1) is 0 Å². The first-order valence-electron chi connectivity index (χ1n) is 6.42. The Morgan fingerprint density at radius 1 is 1.25 bits per heavy atom. The molecule has 0 atom stereocenters. The maximum Gasteiger partial charge on any atom is 0.172 e. The van der Waals surface area contributed by atoms with Crippen molar-refractivity contribution in [1.29, 1.82) is 0 Å². The number of hydrazine groups is 1. The van der Waals surface area contributed by atoms with Crippen molar-refractivity contribution in [2.75, 3.05) is 20.6 Å². The van der Waals surface area contributed by atoms with Gasteiger partial charge in [0.2, 0.25) is 0 Å². The molecule has 0 saturated carbocycles. The van der Waals surface area contributed by atoms with Gasteiger partial charge in [0.25, 0.3) is 0 Å². The first-order valence-corrected chi connectivity index (χ1v) is 6.79. The van der Waals surface area contributed by atoms with Crippen molar-refractivity contribution in [2.45, 2.75) is 6.42 Å². The van der Waals surface area contributed by atoms with Gasteiger partial charge >= 0.3 is 0 Å². The van der Waals surface area contributed by atoms with E-state index in [4.69, 9.17) is 11.6 Å². The van der Waals surface area contributed by atoms with Crippen molar-refractivity contribution in [3.8, 4) is 0 Å². The molecule has 1 N–H and O–H groups in total. The van der Waals surface area contributed by atoms with E-state index >= 15 is 0 Å². The molecule has 5 nitrogen and oxygen atoms in total. The smallest absolute Gasteiger partial charge is 0.172 e. The Hall–Kier alpha value is -2.01. The standard InChI is InChI=1S/C14H16ClN5/c1-19-8-12-14(16-9-19)20(2)18-13(17-12)7-10-3-5-11(15)6-4-10/h3-6,9H,7-8H2,1-2H3,(H,17,18). The average molecular weight is 290 g/mol. The van der Waals surface area contributed by atoms with Gasteiger partial charge in [0.1, 0.15) is 11.5 Å². The van der Waals surface area contributed by atoms with Gasteiger partial charge in [-0.15, -0.1) is 0 Å². The third-order valence-electron chi connectivity index (χ3n) is 3.20. The normalized spacial score (nSPS) is 17.9. The Labute approximate surface area is 123 Å². The Morgan fingerprint density at radius 2 is 2.00 bits per heavy atom. The van der Waals surface area contributed by atoms with Gasteiger partial charge in [0.05, 0.1) is 12.9 Å². The molecule has 0 aromatic heterocycles. The van der Waals surface area contributed by atoms with Crippen LogP contribution in [0.25, 0.3) is 0 Å². The van der Waals surface area contributed by atoms with Crippen molar-refractivity contribution < 1.29 is 0 Å². The summed E-state index contributed by atoms with van der Waals surface area (Å²) < 4.78 is 0. The van der Waals surface area contributed by atoms with Crippen LogP contribution < -0.4 is 5.43 Å². The lowest BCUT2D eigenvalue weighted by atomic mass is 10.1. The molecule has 3 rings (SSSR count). The molecule has 6 heteroatoms. The molecule has 0 amide bonds. The predicted octanol–water partition coefficient (Wildman–Crippen LogP) is 1.87. The highest BCUT2D eigenvalue weighted by Gasteiger charge is 2.21. The summed E-state index contributed by atoms with van der Waals surface area (Å²) in [6, 6.07) is 7.82. The molecule has 0 radical (unpaired) electrons. The number of amidine groups is 1. The molecule has 1 aromatic carbocycles. The number of nitrogens with one attached hydrogen (secondary N) is 1. The maximum atomic E-state index is 5.90. The molecule has 0 saturated heterocycles. The van der Waals surface area contributed by atoms with Gasteiger partial charge in [-0.05, 0) is 17.7 Å². The summed E-state index contributed by atoms with van der Waals surface area (Å²) in [4.78, 5) is 11.1. The summed E-state index contributed by atoms with van der Waals surface area (Å²) in [5.41, 5.74) is 5.41. The van der Waals surface area contributed by atoms with Crippen molar-refractivity contribution in [3.05, 3.63) is 46.4 Å². The molecular formula is C14H16ClN5. The lowest BCUT2D eigenvalue weighted by Gasteiger charge is -2.32. The Bertz CT molecular complexity index is 602. The van der Waals surface area contributed by atoms with Crippen molar-refractivity contribution in [2.24, 2.45) is 9.98 Å². The SMILES string of the molecule is CN1C=NC2=C(C1)N=C(Cc1ccc(Cl)cc1)NN2C. The van der Waals surface area contributed by atoms with E-state index in [2.05, 4.69) is 15.4 Å². The van der Waals surface area contributed by atoms with Gasteiger partial charge in [-0.3, -0.25) is 10.4 Å². The van der Waals surface area contributed by atoms with Crippen LogP contribution in [-0.4, -0.2) is 42.7 Å². The van der Waals surface area contributed by atoms with E-state index in [1.807, 2.05) is 54.6 Å². The van der Waals surface area contributed by atoms with Crippen LogP contribution in [0.4, 0.5) is 0 Å². The molecule has 0 aliphatic carbocycles. The van der Waals surface area contributed by atoms with Crippen LogP contribution in [0.2, 0.25) is 5.02 Å². The van der Waals surface area contributed by atoms with Gasteiger partial charge < -0.3 is 4.90 Å². The molecule has 2 aliphatic heterocycles. The van der Waals surface area contributed by atoms with Gasteiger partial charge in [0, 0.05) is 25.5 Å². The minimum atomic E-state index is 0.742. The summed E-state index contributed by atoms with van der Waals surface area (Å²) in [5.74, 6) is 1.79. The number of aliphatic imine (C=N–C) groups is 2. The lowest BCUT2D eigenvalue weighted by Crippen LogP contribution is -2.44. The lowest BCUT2D eigenvalue weighted by molar-refractivity contribution is 0.340. The monoisotopic (exact) mass is 289 g/mol. The van der Waals surface area contributed by atoms with Crippen LogP contribution in [0.1, 0.15) is 5.56 Å². The maximum absolute atomic E-state index is 5.90. The third kappa shape index (κ3) is 2.63. The first kappa shape index (κ1) is 13.0. The molecule has 104 valence electrons. The molecule has 0 bridgehead atoms. The van der Waals surface area contributed by atoms with Gasteiger partial charge in [-0.2, -0.15) is 0 Å². The van der Waals surface area contributed by atoms with E-state index in [1.165, 1.54) is 5.56 Å². The number of hydrogen-bond donors (Lipinski definition) is 1. The minimum Gasteiger partial charge on any atom is -0.360 e. The number of benzene rings is 1. The number of nitrogens with zero attached hydrogens (tertiary/aromatic N) is 4. The zero-order valence-corrected chi connectivity index (χ0v) is 12.2. The van der Waals surface area contributed by atoms with Crippen molar-refractivity contribution in [3.63, 3.8) is 0 Å². The van der Waals surface area contributed by atoms with Crippen LogP contribution in [-0.2, 0) is 6.42 Å². The molecule has 0 unspecified atom stereocenters. The topological polar surface area (TPSA) is 43.2 Å². The highest BCUT2D eigenvalue weighted by molar-refractivity contribution is 6.30. The van der Waals surface area contributed by atoms with Crippen LogP contribution in [0.5, 0.6) is 0 Å². The van der Waals surface area contributed by atoms with E-state index in [0.717, 1.165) is 35.3 Å². The summed E-state index contributed by atoms with van der Waals surface area (Å²) in [7, 11) is 3.94. The molecular weight excluding hydrogens is 274 g/mol. The predicted molar refractivity (Wildman–Crippen MR) is 81.6 cm³/mol. The van der Waals surface area contributed by atoms with E-state index in [1.54, 1.807) is 0 Å². The van der Waals surface area contributed by atoms with Gasteiger partial charge in [0.15, 0.2) is 5.82 Å². The average Bonchev–Trinajstić information content (AvgIpc) is 2.41. The summed E-state index contributed by atoms with van der Waals surface area (Å²) in [5, 5.41) is 2.66. The summed E-state index contributed by atoms with van der Waals surface area (Å²) in [6.45, 7) is 0.773. The number of halogens is 1. The van der Waals surface area contributed by atoms with E-state index in [-0.39, 0.29) is 0 Å². The zero-order valence-electron chi connectivity index (χ0n) is 11.5. The second-order valence-electron chi connectivity index (χ2n) is 4.96. The minimum absolute atomic E-state index is 0.742.